The van der Waals surface area contributed by atoms with Gasteiger partial charge < -0.3 is 10.6 Å². The van der Waals surface area contributed by atoms with Gasteiger partial charge >= 0.3 is 0 Å². The monoisotopic (exact) mass is 238 g/mol. The third-order valence-corrected chi connectivity index (χ3v) is 4.26. The number of hydrogen-bond acceptors (Lipinski definition) is 3. The lowest BCUT2D eigenvalue weighted by molar-refractivity contribution is 0.217. The first-order chi connectivity index (χ1) is 7.74. The van der Waals surface area contributed by atoms with E-state index in [0.29, 0.717) is 6.04 Å². The molecule has 1 aliphatic rings. The number of hydrogen-bond donors (Lipinski definition) is 1. The number of nitrogens with two attached hydrogens (primary N) is 1. The van der Waals surface area contributed by atoms with Crippen LogP contribution in [0.15, 0.2) is 17.5 Å². The van der Waals surface area contributed by atoms with E-state index in [4.69, 9.17) is 5.73 Å². The van der Waals surface area contributed by atoms with E-state index in [1.807, 2.05) is 11.3 Å². The lowest BCUT2D eigenvalue weighted by atomic mass is 9.86. The van der Waals surface area contributed by atoms with Gasteiger partial charge in [0.25, 0.3) is 0 Å². The maximum absolute atomic E-state index is 6.02. The van der Waals surface area contributed by atoms with Gasteiger partial charge in [-0.1, -0.05) is 12.5 Å². The van der Waals surface area contributed by atoms with Crippen molar-refractivity contribution in [2.45, 2.75) is 38.3 Å². The Bertz CT molecular complexity index is 297. The Morgan fingerprint density at radius 2 is 2.38 bits per heavy atom. The molecule has 1 aromatic rings. The van der Waals surface area contributed by atoms with E-state index >= 15 is 0 Å². The topological polar surface area (TPSA) is 29.3 Å². The van der Waals surface area contributed by atoms with E-state index < -0.39 is 0 Å². The van der Waals surface area contributed by atoms with Crippen LogP contribution in [-0.2, 0) is 6.54 Å². The predicted molar refractivity (Wildman–Crippen MR) is 70.6 cm³/mol. The summed E-state index contributed by atoms with van der Waals surface area (Å²) < 4.78 is 0. The van der Waals surface area contributed by atoms with Gasteiger partial charge in [0.1, 0.15) is 0 Å². The second-order valence-electron chi connectivity index (χ2n) is 5.07. The van der Waals surface area contributed by atoms with Crippen molar-refractivity contribution in [2.75, 3.05) is 13.6 Å². The standard InChI is InChI=1S/C13H22N2S/c1-15(10-13-6-3-7-16-13)9-11-4-2-5-12(14)8-11/h3,6-7,11-12H,2,4-5,8-10,14H2,1H3. The van der Waals surface area contributed by atoms with Gasteiger partial charge in [0, 0.05) is 24.0 Å². The summed E-state index contributed by atoms with van der Waals surface area (Å²) in [6, 6.07) is 4.80. The van der Waals surface area contributed by atoms with E-state index in [9.17, 15) is 0 Å². The van der Waals surface area contributed by atoms with E-state index in [1.165, 1.54) is 37.1 Å². The highest BCUT2D eigenvalue weighted by molar-refractivity contribution is 7.09. The molecule has 0 aromatic carbocycles. The smallest absolute Gasteiger partial charge is 0.0324 e. The molecule has 0 aliphatic heterocycles. The number of rotatable bonds is 4. The maximum Gasteiger partial charge on any atom is 0.0324 e. The molecule has 90 valence electrons. The molecule has 1 heterocycles. The summed E-state index contributed by atoms with van der Waals surface area (Å²) in [5.74, 6) is 0.814. The molecule has 1 fully saturated rings. The quantitative estimate of drug-likeness (QED) is 0.874. The highest BCUT2D eigenvalue weighted by atomic mass is 32.1. The van der Waals surface area contributed by atoms with E-state index in [0.717, 1.165) is 12.5 Å². The number of nitrogens with zero attached hydrogens (tertiary/aromatic N) is 1. The Hall–Kier alpha value is -0.380. The lowest BCUT2D eigenvalue weighted by Crippen LogP contribution is -2.33. The minimum Gasteiger partial charge on any atom is -0.328 e. The van der Waals surface area contributed by atoms with E-state index in [2.05, 4.69) is 29.5 Å². The van der Waals surface area contributed by atoms with Crippen LogP contribution in [0.5, 0.6) is 0 Å². The first-order valence-electron chi connectivity index (χ1n) is 6.20. The van der Waals surface area contributed by atoms with Crippen molar-refractivity contribution in [3.63, 3.8) is 0 Å². The van der Waals surface area contributed by atoms with Gasteiger partial charge in [-0.05, 0) is 43.7 Å². The molecule has 1 aromatic heterocycles. The van der Waals surface area contributed by atoms with Gasteiger partial charge in [-0.3, -0.25) is 0 Å². The molecule has 0 spiro atoms. The van der Waals surface area contributed by atoms with Crippen molar-refractivity contribution in [2.24, 2.45) is 11.7 Å². The summed E-state index contributed by atoms with van der Waals surface area (Å²) in [5.41, 5.74) is 6.02. The van der Waals surface area contributed by atoms with Crippen LogP contribution in [0.25, 0.3) is 0 Å². The fraction of sp³-hybridized carbons (Fsp3) is 0.692. The van der Waals surface area contributed by atoms with Crippen LogP contribution in [0.1, 0.15) is 30.6 Å². The van der Waals surface area contributed by atoms with Crippen molar-refractivity contribution in [3.05, 3.63) is 22.4 Å². The molecule has 1 aliphatic carbocycles. The molecule has 2 N–H and O–H groups in total. The largest absolute Gasteiger partial charge is 0.328 e. The Morgan fingerprint density at radius 1 is 1.50 bits per heavy atom. The third-order valence-electron chi connectivity index (χ3n) is 3.40. The van der Waals surface area contributed by atoms with Crippen LogP contribution in [-0.4, -0.2) is 24.5 Å². The van der Waals surface area contributed by atoms with Crippen LogP contribution in [0.4, 0.5) is 0 Å². The molecule has 2 unspecified atom stereocenters. The van der Waals surface area contributed by atoms with Crippen LogP contribution >= 0.6 is 11.3 Å². The lowest BCUT2D eigenvalue weighted by Gasteiger charge is -2.30. The molecular weight excluding hydrogens is 216 g/mol. The van der Waals surface area contributed by atoms with Crippen LogP contribution < -0.4 is 5.73 Å². The summed E-state index contributed by atoms with van der Waals surface area (Å²) in [6.07, 6.45) is 5.13. The maximum atomic E-state index is 6.02. The second kappa shape index (κ2) is 5.80. The van der Waals surface area contributed by atoms with E-state index in [1.54, 1.807) is 0 Å². The molecular formula is C13H22N2S. The molecule has 3 heteroatoms. The zero-order chi connectivity index (χ0) is 11.4. The molecule has 0 saturated heterocycles. The first-order valence-corrected chi connectivity index (χ1v) is 7.08. The molecule has 2 rings (SSSR count). The zero-order valence-electron chi connectivity index (χ0n) is 10.1. The summed E-state index contributed by atoms with van der Waals surface area (Å²) in [5, 5.41) is 2.15. The zero-order valence-corrected chi connectivity index (χ0v) is 10.9. The first kappa shape index (κ1) is 12.1. The van der Waals surface area contributed by atoms with Crippen molar-refractivity contribution < 1.29 is 0 Å². The summed E-state index contributed by atoms with van der Waals surface area (Å²) >= 11 is 1.85. The van der Waals surface area contributed by atoms with Gasteiger partial charge in [0.05, 0.1) is 0 Å². The average molecular weight is 238 g/mol. The Kier molecular flexibility index (Phi) is 4.38. The Balaban J connectivity index is 1.76. The SMILES string of the molecule is CN(Cc1cccs1)CC1CCCC(N)C1. The molecule has 2 nitrogen and oxygen atoms in total. The fourth-order valence-corrected chi connectivity index (χ4v) is 3.46. The summed E-state index contributed by atoms with van der Waals surface area (Å²) in [7, 11) is 2.22. The van der Waals surface area contributed by atoms with Crippen molar-refractivity contribution >= 4 is 11.3 Å². The number of thiophene rings is 1. The minimum atomic E-state index is 0.453. The van der Waals surface area contributed by atoms with E-state index in [-0.39, 0.29) is 0 Å². The minimum absolute atomic E-state index is 0.453. The molecule has 2 atom stereocenters. The predicted octanol–water partition coefficient (Wildman–Crippen LogP) is 2.70. The van der Waals surface area contributed by atoms with Gasteiger partial charge in [-0.15, -0.1) is 11.3 Å². The van der Waals surface area contributed by atoms with Crippen molar-refractivity contribution in [3.8, 4) is 0 Å². The normalized spacial score (nSPS) is 26.2. The Labute approximate surface area is 102 Å². The van der Waals surface area contributed by atoms with Gasteiger partial charge in [0.15, 0.2) is 0 Å². The van der Waals surface area contributed by atoms with Gasteiger partial charge in [-0.2, -0.15) is 0 Å². The fourth-order valence-electron chi connectivity index (χ4n) is 2.67. The summed E-state index contributed by atoms with van der Waals surface area (Å²) in [4.78, 5) is 3.90. The molecule has 0 radical (unpaired) electrons. The second-order valence-corrected chi connectivity index (χ2v) is 6.10. The third kappa shape index (κ3) is 3.58. The average Bonchev–Trinajstić information content (AvgIpc) is 2.70. The van der Waals surface area contributed by atoms with Crippen LogP contribution in [0.3, 0.4) is 0 Å². The highest BCUT2D eigenvalue weighted by Crippen LogP contribution is 2.24. The summed E-state index contributed by atoms with van der Waals surface area (Å²) in [6.45, 7) is 2.29. The molecule has 1 saturated carbocycles. The van der Waals surface area contributed by atoms with Crippen molar-refractivity contribution in [1.29, 1.82) is 0 Å². The van der Waals surface area contributed by atoms with Crippen LogP contribution in [0, 0.1) is 5.92 Å². The molecule has 0 bridgehead atoms. The van der Waals surface area contributed by atoms with Crippen LogP contribution in [0.2, 0.25) is 0 Å². The molecule has 0 amide bonds. The Morgan fingerprint density at radius 3 is 3.06 bits per heavy atom. The highest BCUT2D eigenvalue weighted by Gasteiger charge is 2.20. The van der Waals surface area contributed by atoms with Gasteiger partial charge in [-0.25, -0.2) is 0 Å². The molecule has 16 heavy (non-hydrogen) atoms. The van der Waals surface area contributed by atoms with Crippen molar-refractivity contribution in [1.82, 2.24) is 4.90 Å². The van der Waals surface area contributed by atoms with Gasteiger partial charge in [0.2, 0.25) is 0 Å².